The Morgan fingerprint density at radius 1 is 1.30 bits per heavy atom. The number of amides is 1. The van der Waals surface area contributed by atoms with E-state index in [-0.39, 0.29) is 5.91 Å². The van der Waals surface area contributed by atoms with Gasteiger partial charge >= 0.3 is 0 Å². The zero-order valence-corrected chi connectivity index (χ0v) is 16.1. The van der Waals surface area contributed by atoms with Crippen LogP contribution in [0.2, 0.25) is 0 Å². The molecule has 1 aliphatic carbocycles. The van der Waals surface area contributed by atoms with Crippen LogP contribution in [0, 0.1) is 24.7 Å². The Balaban J connectivity index is 1.76. The van der Waals surface area contributed by atoms with Crippen LogP contribution in [-0.2, 0) is 4.79 Å². The second-order valence-corrected chi connectivity index (χ2v) is 7.58. The van der Waals surface area contributed by atoms with Crippen LogP contribution in [0.5, 0.6) is 5.75 Å². The smallest absolute Gasteiger partial charge is 0.272 e. The molecule has 1 aromatic carbocycles. The summed E-state index contributed by atoms with van der Waals surface area (Å²) in [6, 6.07) is 7.37. The number of fused-ring (bicyclic) bond motifs is 1. The molecule has 3 rings (SSSR count). The van der Waals surface area contributed by atoms with Gasteiger partial charge < -0.3 is 10.1 Å². The van der Waals surface area contributed by atoms with Gasteiger partial charge in [-0.15, -0.1) is 24.6 Å². The standard InChI is InChI=1S/C22H22N2O2S/c1-4-16-13-17-14-18(9-10-19(17)23-15-16)26-21(27-3)20(25)24-22(5-2)11-7-6-8-12-22/h1-2,9-10,13-15,21H,6-8,11-12H2,3H3,(H,24,25). The molecule has 5 heteroatoms. The van der Waals surface area contributed by atoms with Crippen molar-refractivity contribution >= 4 is 28.6 Å². The lowest BCUT2D eigenvalue weighted by Crippen LogP contribution is -2.52. The van der Waals surface area contributed by atoms with Crippen molar-refractivity contribution in [3.8, 4) is 30.4 Å². The van der Waals surface area contributed by atoms with Crippen molar-refractivity contribution in [2.75, 3.05) is 6.26 Å². The molecular formula is C22H22N2O2S. The fraction of sp³-hybridized carbons (Fsp3) is 0.364. The Bertz CT molecular complexity index is 920. The van der Waals surface area contributed by atoms with Crippen LogP contribution in [-0.4, -0.2) is 28.1 Å². The predicted molar refractivity (Wildman–Crippen MR) is 110 cm³/mol. The summed E-state index contributed by atoms with van der Waals surface area (Å²) in [5, 5.41) is 3.92. The third kappa shape index (κ3) is 4.38. The van der Waals surface area contributed by atoms with E-state index in [1.54, 1.807) is 12.3 Å². The molecular weight excluding hydrogens is 356 g/mol. The number of carbonyl (C=O) groups excluding carboxylic acids is 1. The van der Waals surface area contributed by atoms with Crippen molar-refractivity contribution in [2.45, 2.75) is 43.1 Å². The average molecular weight is 378 g/mol. The number of ether oxygens (including phenoxy) is 1. The highest BCUT2D eigenvalue weighted by atomic mass is 32.2. The van der Waals surface area contributed by atoms with Gasteiger partial charge in [-0.2, -0.15) is 0 Å². The Morgan fingerprint density at radius 3 is 2.74 bits per heavy atom. The van der Waals surface area contributed by atoms with Gasteiger partial charge in [0.15, 0.2) is 0 Å². The topological polar surface area (TPSA) is 51.2 Å². The third-order valence-electron chi connectivity index (χ3n) is 4.84. The van der Waals surface area contributed by atoms with Crippen LogP contribution in [0.4, 0.5) is 0 Å². The van der Waals surface area contributed by atoms with Gasteiger partial charge in [-0.25, -0.2) is 0 Å². The van der Waals surface area contributed by atoms with E-state index < -0.39 is 11.0 Å². The van der Waals surface area contributed by atoms with Crippen LogP contribution in [0.15, 0.2) is 30.5 Å². The van der Waals surface area contributed by atoms with Crippen LogP contribution in [0.1, 0.15) is 37.7 Å². The summed E-state index contributed by atoms with van der Waals surface area (Å²) in [5.74, 6) is 5.77. The Kier molecular flexibility index (Phi) is 5.94. The monoisotopic (exact) mass is 378 g/mol. The fourth-order valence-corrected chi connectivity index (χ4v) is 3.83. The molecule has 4 nitrogen and oxygen atoms in total. The van der Waals surface area contributed by atoms with Crippen LogP contribution in [0.3, 0.4) is 0 Å². The highest BCUT2D eigenvalue weighted by Gasteiger charge is 2.34. The minimum absolute atomic E-state index is 0.196. The van der Waals surface area contributed by atoms with Gasteiger partial charge in [0, 0.05) is 17.1 Å². The maximum absolute atomic E-state index is 12.8. The number of hydrogen-bond acceptors (Lipinski definition) is 4. The van der Waals surface area contributed by atoms with Gasteiger partial charge in [-0.05, 0) is 43.4 Å². The van der Waals surface area contributed by atoms with Gasteiger partial charge in [0.05, 0.1) is 5.52 Å². The SMILES string of the molecule is C#Cc1cnc2ccc(OC(SC)C(=O)NC3(C#C)CCCCC3)cc2c1. The van der Waals surface area contributed by atoms with E-state index in [2.05, 4.69) is 22.1 Å². The zero-order valence-electron chi connectivity index (χ0n) is 15.3. The minimum Gasteiger partial charge on any atom is -0.470 e. The number of rotatable bonds is 5. The molecule has 1 aliphatic rings. The van der Waals surface area contributed by atoms with Crippen LogP contribution >= 0.6 is 11.8 Å². The molecule has 0 radical (unpaired) electrons. The number of hydrogen-bond donors (Lipinski definition) is 1. The first-order chi connectivity index (χ1) is 13.1. The van der Waals surface area contributed by atoms with E-state index in [0.717, 1.165) is 43.0 Å². The molecule has 1 amide bonds. The third-order valence-corrected chi connectivity index (χ3v) is 5.57. The molecule has 1 heterocycles. The molecule has 138 valence electrons. The number of pyridine rings is 1. The number of nitrogens with zero attached hydrogens (tertiary/aromatic N) is 1. The van der Waals surface area contributed by atoms with Crippen molar-refractivity contribution in [3.05, 3.63) is 36.0 Å². The summed E-state index contributed by atoms with van der Waals surface area (Å²) in [6.07, 6.45) is 19.5. The van der Waals surface area contributed by atoms with Crippen molar-refractivity contribution in [2.24, 2.45) is 0 Å². The average Bonchev–Trinajstić information content (AvgIpc) is 2.71. The molecule has 27 heavy (non-hydrogen) atoms. The number of nitrogens with one attached hydrogen (secondary N) is 1. The van der Waals surface area contributed by atoms with Gasteiger partial charge in [-0.3, -0.25) is 9.78 Å². The van der Waals surface area contributed by atoms with E-state index in [9.17, 15) is 4.79 Å². The minimum atomic E-state index is -0.682. The molecule has 2 aromatic rings. The van der Waals surface area contributed by atoms with Gasteiger partial charge in [0.25, 0.3) is 5.91 Å². The summed E-state index contributed by atoms with van der Waals surface area (Å²) < 4.78 is 5.94. The van der Waals surface area contributed by atoms with Crippen LogP contribution < -0.4 is 10.1 Å². The van der Waals surface area contributed by atoms with Gasteiger partial charge in [0.1, 0.15) is 11.3 Å². The Hall–Kier alpha value is -2.63. The fourth-order valence-electron chi connectivity index (χ4n) is 3.35. The first kappa shape index (κ1) is 19.1. The van der Waals surface area contributed by atoms with Crippen molar-refractivity contribution in [3.63, 3.8) is 0 Å². The lowest BCUT2D eigenvalue weighted by molar-refractivity contribution is -0.126. The number of aromatic nitrogens is 1. The molecule has 1 atom stereocenters. The van der Waals surface area contributed by atoms with Crippen LogP contribution in [0.25, 0.3) is 10.9 Å². The largest absolute Gasteiger partial charge is 0.470 e. The number of terminal acetylenes is 2. The molecule has 1 unspecified atom stereocenters. The number of benzene rings is 1. The summed E-state index contributed by atoms with van der Waals surface area (Å²) in [4.78, 5) is 17.1. The van der Waals surface area contributed by atoms with Crippen molar-refractivity contribution < 1.29 is 9.53 Å². The second-order valence-electron chi connectivity index (χ2n) is 6.68. The van der Waals surface area contributed by atoms with E-state index in [1.807, 2.05) is 24.5 Å². The quantitative estimate of drug-likeness (QED) is 0.636. The maximum Gasteiger partial charge on any atom is 0.272 e. The highest BCUT2D eigenvalue weighted by Crippen LogP contribution is 2.29. The first-order valence-electron chi connectivity index (χ1n) is 8.95. The lowest BCUT2D eigenvalue weighted by Gasteiger charge is -2.34. The molecule has 0 aliphatic heterocycles. The maximum atomic E-state index is 12.8. The van der Waals surface area contributed by atoms with E-state index in [4.69, 9.17) is 17.6 Å². The van der Waals surface area contributed by atoms with Crippen molar-refractivity contribution in [1.82, 2.24) is 10.3 Å². The molecule has 0 saturated heterocycles. The zero-order chi connectivity index (χ0) is 19.3. The summed E-state index contributed by atoms with van der Waals surface area (Å²) >= 11 is 1.33. The van der Waals surface area contributed by atoms with Gasteiger partial charge in [-0.1, -0.05) is 31.1 Å². The first-order valence-corrected chi connectivity index (χ1v) is 10.2. The summed E-state index contributed by atoms with van der Waals surface area (Å²) in [5.41, 5.74) is 0.284. The second kappa shape index (κ2) is 8.37. The normalized spacial score (nSPS) is 16.7. The Labute approximate surface area is 164 Å². The summed E-state index contributed by atoms with van der Waals surface area (Å²) in [7, 11) is 0. The Morgan fingerprint density at radius 2 is 2.07 bits per heavy atom. The molecule has 1 N–H and O–H groups in total. The lowest BCUT2D eigenvalue weighted by atomic mass is 9.82. The molecule has 0 bridgehead atoms. The number of thioether (sulfide) groups is 1. The summed E-state index contributed by atoms with van der Waals surface area (Å²) in [6.45, 7) is 0. The molecule has 1 saturated carbocycles. The molecule has 0 spiro atoms. The van der Waals surface area contributed by atoms with Crippen molar-refractivity contribution in [1.29, 1.82) is 0 Å². The number of carbonyl (C=O) groups is 1. The van der Waals surface area contributed by atoms with E-state index in [1.165, 1.54) is 11.8 Å². The van der Waals surface area contributed by atoms with E-state index >= 15 is 0 Å². The molecule has 1 aromatic heterocycles. The molecule has 1 fully saturated rings. The van der Waals surface area contributed by atoms with E-state index in [0.29, 0.717) is 11.3 Å². The predicted octanol–water partition coefficient (Wildman–Crippen LogP) is 3.74. The highest BCUT2D eigenvalue weighted by molar-refractivity contribution is 7.99. The van der Waals surface area contributed by atoms with Gasteiger partial charge in [0.2, 0.25) is 5.44 Å².